The Hall–Kier alpha value is -1.88. The standard InChI is InChI=1S/C14H16N2O3/c17-13(11-6-15-7-11)16-8-10-4-2-1-3-9(10)5-12(16)14(18)19/h1-4,11-12,15H,5-8H2,(H,18,19)/t12-/m1/s1. The van der Waals surface area contributed by atoms with Gasteiger partial charge in [0.2, 0.25) is 5.91 Å². The fourth-order valence-electron chi connectivity index (χ4n) is 2.67. The molecule has 0 aliphatic carbocycles. The van der Waals surface area contributed by atoms with Gasteiger partial charge in [-0.2, -0.15) is 0 Å². The van der Waals surface area contributed by atoms with E-state index in [2.05, 4.69) is 5.32 Å². The number of carboxylic acid groups (broad SMARTS) is 1. The third kappa shape index (κ3) is 2.10. The molecule has 1 aromatic rings. The van der Waals surface area contributed by atoms with E-state index in [4.69, 9.17) is 0 Å². The lowest BCUT2D eigenvalue weighted by molar-refractivity contribution is -0.154. The molecule has 2 N–H and O–H groups in total. The second-order valence-electron chi connectivity index (χ2n) is 5.15. The molecule has 0 aromatic heterocycles. The van der Waals surface area contributed by atoms with E-state index in [9.17, 15) is 14.7 Å². The monoisotopic (exact) mass is 260 g/mol. The van der Waals surface area contributed by atoms with Crippen LogP contribution >= 0.6 is 0 Å². The maximum Gasteiger partial charge on any atom is 0.326 e. The number of hydrogen-bond donors (Lipinski definition) is 2. The number of carboxylic acids is 1. The summed E-state index contributed by atoms with van der Waals surface area (Å²) >= 11 is 0. The van der Waals surface area contributed by atoms with Gasteiger partial charge in [-0.1, -0.05) is 24.3 Å². The summed E-state index contributed by atoms with van der Waals surface area (Å²) in [5.74, 6) is -1.03. The third-order valence-corrected chi connectivity index (χ3v) is 3.95. The van der Waals surface area contributed by atoms with Crippen LogP contribution in [-0.2, 0) is 22.6 Å². The van der Waals surface area contributed by atoms with Crippen LogP contribution in [-0.4, -0.2) is 41.0 Å². The Bertz CT molecular complexity index is 525. The van der Waals surface area contributed by atoms with E-state index in [1.165, 1.54) is 4.90 Å². The van der Waals surface area contributed by atoms with E-state index in [0.29, 0.717) is 26.1 Å². The van der Waals surface area contributed by atoms with Crippen molar-refractivity contribution in [3.05, 3.63) is 35.4 Å². The molecule has 1 amide bonds. The number of aliphatic carboxylic acids is 1. The van der Waals surface area contributed by atoms with Crippen molar-refractivity contribution in [1.82, 2.24) is 10.2 Å². The number of rotatable bonds is 2. The minimum Gasteiger partial charge on any atom is -0.480 e. The topological polar surface area (TPSA) is 69.6 Å². The van der Waals surface area contributed by atoms with Crippen LogP contribution in [0.1, 0.15) is 11.1 Å². The fourth-order valence-corrected chi connectivity index (χ4v) is 2.67. The molecule has 0 saturated carbocycles. The van der Waals surface area contributed by atoms with E-state index in [1.54, 1.807) is 0 Å². The van der Waals surface area contributed by atoms with Gasteiger partial charge in [-0.25, -0.2) is 4.79 Å². The first-order valence-corrected chi connectivity index (χ1v) is 6.47. The Morgan fingerprint density at radius 2 is 1.89 bits per heavy atom. The first kappa shape index (κ1) is 12.2. The van der Waals surface area contributed by atoms with Crippen molar-refractivity contribution in [2.45, 2.75) is 19.0 Å². The molecule has 2 aliphatic rings. The third-order valence-electron chi connectivity index (χ3n) is 3.95. The van der Waals surface area contributed by atoms with E-state index in [1.807, 2.05) is 24.3 Å². The second-order valence-corrected chi connectivity index (χ2v) is 5.15. The van der Waals surface area contributed by atoms with Gasteiger partial charge >= 0.3 is 5.97 Å². The molecule has 5 heteroatoms. The minimum absolute atomic E-state index is 0.0411. The summed E-state index contributed by atoms with van der Waals surface area (Å²) < 4.78 is 0. The Labute approximate surface area is 111 Å². The van der Waals surface area contributed by atoms with E-state index >= 15 is 0 Å². The summed E-state index contributed by atoms with van der Waals surface area (Å²) in [6.07, 6.45) is 0.400. The van der Waals surface area contributed by atoms with Gasteiger partial charge in [0, 0.05) is 26.1 Å². The molecular weight excluding hydrogens is 244 g/mol. The highest BCUT2D eigenvalue weighted by atomic mass is 16.4. The highest BCUT2D eigenvalue weighted by Crippen LogP contribution is 2.25. The molecule has 2 aliphatic heterocycles. The van der Waals surface area contributed by atoms with Crippen LogP contribution in [0, 0.1) is 5.92 Å². The lowest BCUT2D eigenvalue weighted by Crippen LogP contribution is -2.57. The number of fused-ring (bicyclic) bond motifs is 1. The predicted octanol–water partition coefficient (Wildman–Crippen LogP) is 0.244. The van der Waals surface area contributed by atoms with Crippen LogP contribution in [0.5, 0.6) is 0 Å². The molecule has 1 aromatic carbocycles. The molecule has 100 valence electrons. The number of hydrogen-bond acceptors (Lipinski definition) is 3. The molecule has 2 heterocycles. The van der Waals surface area contributed by atoms with Gasteiger partial charge in [0.15, 0.2) is 0 Å². The maximum absolute atomic E-state index is 12.3. The summed E-state index contributed by atoms with van der Waals surface area (Å²) in [7, 11) is 0. The highest BCUT2D eigenvalue weighted by molar-refractivity contribution is 5.86. The average molecular weight is 260 g/mol. The van der Waals surface area contributed by atoms with Gasteiger partial charge in [-0.15, -0.1) is 0 Å². The zero-order valence-corrected chi connectivity index (χ0v) is 10.5. The predicted molar refractivity (Wildman–Crippen MR) is 68.5 cm³/mol. The smallest absolute Gasteiger partial charge is 0.326 e. The quantitative estimate of drug-likeness (QED) is 0.799. The van der Waals surface area contributed by atoms with Crippen molar-refractivity contribution in [2.75, 3.05) is 13.1 Å². The molecule has 0 bridgehead atoms. The van der Waals surface area contributed by atoms with Gasteiger partial charge in [0.05, 0.1) is 5.92 Å². The number of nitrogens with one attached hydrogen (secondary N) is 1. The average Bonchev–Trinajstić information content (AvgIpc) is 2.35. The Morgan fingerprint density at radius 1 is 1.21 bits per heavy atom. The number of benzene rings is 1. The van der Waals surface area contributed by atoms with Crippen LogP contribution in [0.25, 0.3) is 0 Å². The Morgan fingerprint density at radius 3 is 2.47 bits per heavy atom. The minimum atomic E-state index is -0.921. The van der Waals surface area contributed by atoms with E-state index < -0.39 is 12.0 Å². The van der Waals surface area contributed by atoms with Gasteiger partial charge < -0.3 is 15.3 Å². The van der Waals surface area contributed by atoms with Crippen LogP contribution in [0.2, 0.25) is 0 Å². The number of carbonyl (C=O) groups excluding carboxylic acids is 1. The van der Waals surface area contributed by atoms with Gasteiger partial charge in [-0.05, 0) is 11.1 Å². The Kier molecular flexibility index (Phi) is 2.98. The normalized spacial score (nSPS) is 22.5. The van der Waals surface area contributed by atoms with Crippen LogP contribution in [0.15, 0.2) is 24.3 Å². The maximum atomic E-state index is 12.3. The van der Waals surface area contributed by atoms with Crippen molar-refractivity contribution < 1.29 is 14.7 Å². The second kappa shape index (κ2) is 4.66. The summed E-state index contributed by atoms with van der Waals surface area (Å²) in [5.41, 5.74) is 2.09. The van der Waals surface area contributed by atoms with Crippen molar-refractivity contribution in [3.8, 4) is 0 Å². The van der Waals surface area contributed by atoms with E-state index in [-0.39, 0.29) is 11.8 Å². The Balaban J connectivity index is 1.89. The lowest BCUT2D eigenvalue weighted by Gasteiger charge is -2.38. The lowest BCUT2D eigenvalue weighted by atomic mass is 9.91. The molecular formula is C14H16N2O3. The summed E-state index contributed by atoms with van der Waals surface area (Å²) in [6.45, 7) is 1.72. The van der Waals surface area contributed by atoms with Gasteiger partial charge in [-0.3, -0.25) is 4.79 Å². The largest absolute Gasteiger partial charge is 0.480 e. The van der Waals surface area contributed by atoms with Crippen molar-refractivity contribution >= 4 is 11.9 Å². The molecule has 1 saturated heterocycles. The number of carbonyl (C=O) groups is 2. The molecule has 19 heavy (non-hydrogen) atoms. The molecule has 0 radical (unpaired) electrons. The fraction of sp³-hybridized carbons (Fsp3) is 0.429. The van der Waals surface area contributed by atoms with Crippen molar-refractivity contribution in [3.63, 3.8) is 0 Å². The van der Waals surface area contributed by atoms with Crippen molar-refractivity contribution in [1.29, 1.82) is 0 Å². The first-order valence-electron chi connectivity index (χ1n) is 6.47. The zero-order chi connectivity index (χ0) is 13.4. The molecule has 1 fully saturated rings. The van der Waals surface area contributed by atoms with Gasteiger partial charge in [0.1, 0.15) is 6.04 Å². The first-order chi connectivity index (χ1) is 9.16. The summed E-state index contributed by atoms with van der Waals surface area (Å²) in [4.78, 5) is 25.3. The van der Waals surface area contributed by atoms with Gasteiger partial charge in [0.25, 0.3) is 0 Å². The molecule has 0 unspecified atom stereocenters. The number of nitrogens with zero attached hydrogens (tertiary/aromatic N) is 1. The molecule has 1 atom stereocenters. The summed E-state index contributed by atoms with van der Waals surface area (Å²) in [5, 5.41) is 12.4. The number of amides is 1. The zero-order valence-electron chi connectivity index (χ0n) is 10.5. The molecule has 3 rings (SSSR count). The van der Waals surface area contributed by atoms with Crippen LogP contribution in [0.3, 0.4) is 0 Å². The van der Waals surface area contributed by atoms with E-state index in [0.717, 1.165) is 11.1 Å². The summed E-state index contributed by atoms with van der Waals surface area (Å²) in [6, 6.07) is 7.01. The molecule has 0 spiro atoms. The van der Waals surface area contributed by atoms with Crippen molar-refractivity contribution in [2.24, 2.45) is 5.92 Å². The highest BCUT2D eigenvalue weighted by Gasteiger charge is 2.38. The molecule has 5 nitrogen and oxygen atoms in total. The van der Waals surface area contributed by atoms with Crippen LogP contribution < -0.4 is 5.32 Å². The van der Waals surface area contributed by atoms with Crippen LogP contribution in [0.4, 0.5) is 0 Å². The SMILES string of the molecule is O=C(O)[C@H]1Cc2ccccc2CN1C(=O)C1CNC1.